The molecule has 0 spiro atoms. The Balaban J connectivity index is 1.08. The summed E-state index contributed by atoms with van der Waals surface area (Å²) in [5.74, 6) is 0. The van der Waals surface area contributed by atoms with Crippen molar-refractivity contribution in [3.8, 4) is 55.6 Å². The van der Waals surface area contributed by atoms with E-state index in [1.165, 1.54) is 161 Å². The molecule has 0 radical (unpaired) electrons. The van der Waals surface area contributed by atoms with Crippen LogP contribution in [0.15, 0.2) is 176 Å². The maximum absolute atomic E-state index is 2.54. The van der Waals surface area contributed by atoms with Crippen LogP contribution in [-0.2, 0) is 0 Å². The third-order valence-corrected chi connectivity index (χ3v) is 17.0. The van der Waals surface area contributed by atoms with Crippen molar-refractivity contribution in [1.82, 2.24) is 0 Å². The Morgan fingerprint density at radius 3 is 1.64 bits per heavy atom. The van der Waals surface area contributed by atoms with E-state index in [0.717, 1.165) is 0 Å². The van der Waals surface area contributed by atoms with Crippen molar-refractivity contribution in [2.75, 3.05) is 0 Å². The van der Waals surface area contributed by atoms with E-state index < -0.39 is 0 Å². The monoisotopic (exact) mass is 844 g/mol. The van der Waals surface area contributed by atoms with E-state index >= 15 is 0 Å². The Bertz CT molecular complexity index is 4310. The van der Waals surface area contributed by atoms with Crippen molar-refractivity contribution in [2.24, 2.45) is 0 Å². The molecule has 64 heavy (non-hydrogen) atoms. The molecule has 0 bridgehead atoms. The van der Waals surface area contributed by atoms with E-state index in [-0.39, 0.29) is 0 Å². The predicted octanol–water partition coefficient (Wildman–Crippen LogP) is 18.9. The van der Waals surface area contributed by atoms with Gasteiger partial charge in [0.05, 0.1) is 0 Å². The number of fused-ring (bicyclic) bond motifs is 15. The van der Waals surface area contributed by atoms with Gasteiger partial charge in [-0.25, -0.2) is 0 Å². The van der Waals surface area contributed by atoms with Gasteiger partial charge in [-0.3, -0.25) is 0 Å². The highest BCUT2D eigenvalue weighted by atomic mass is 32.1. The fraction of sp³-hybridized carbons (Fsp3) is 0.0323. The molecule has 13 aromatic rings. The van der Waals surface area contributed by atoms with Gasteiger partial charge < -0.3 is 0 Å². The first-order chi connectivity index (χ1) is 31.6. The number of rotatable bonds is 3. The maximum Gasteiger partial charge on any atom is 0.0361 e. The zero-order chi connectivity index (χ0) is 41.9. The minimum atomic E-state index is 1.26. The van der Waals surface area contributed by atoms with E-state index in [9.17, 15) is 0 Å². The van der Waals surface area contributed by atoms with Crippen LogP contribution < -0.4 is 0 Å². The van der Waals surface area contributed by atoms with Gasteiger partial charge in [-0.2, -0.15) is 0 Å². The molecule has 296 valence electrons. The van der Waals surface area contributed by atoms with Crippen LogP contribution in [0, 0.1) is 6.92 Å². The zero-order valence-electron chi connectivity index (χ0n) is 35.1. The number of allylic oxidation sites excluding steroid dienone is 1. The van der Waals surface area contributed by atoms with E-state index in [2.05, 4.69) is 196 Å². The molecule has 2 aliphatic carbocycles. The predicted molar refractivity (Wildman–Crippen MR) is 281 cm³/mol. The van der Waals surface area contributed by atoms with E-state index in [1.54, 1.807) is 0 Å². The minimum Gasteiger partial charge on any atom is -0.136 e. The molecular formula is C62H36S2. The molecule has 0 amide bonds. The van der Waals surface area contributed by atoms with Crippen LogP contribution in [0.25, 0.3) is 151 Å². The molecule has 2 aliphatic rings. The number of hydrogen-bond acceptors (Lipinski definition) is 2. The molecule has 0 aliphatic heterocycles. The van der Waals surface area contributed by atoms with Gasteiger partial charge in [0.15, 0.2) is 0 Å². The van der Waals surface area contributed by atoms with Crippen molar-refractivity contribution in [3.05, 3.63) is 192 Å². The van der Waals surface area contributed by atoms with Crippen LogP contribution in [0.3, 0.4) is 0 Å². The summed E-state index contributed by atoms with van der Waals surface area (Å²) in [6, 6.07) is 67.2. The van der Waals surface area contributed by atoms with Gasteiger partial charge in [0.1, 0.15) is 0 Å². The number of hydrogen-bond donors (Lipinski definition) is 0. The molecule has 0 atom stereocenters. The largest absolute Gasteiger partial charge is 0.136 e. The van der Waals surface area contributed by atoms with Crippen LogP contribution in [0.2, 0.25) is 0 Å². The first kappa shape index (κ1) is 35.1. The third kappa shape index (κ3) is 4.61. The maximum atomic E-state index is 2.54. The Labute approximate surface area is 377 Å². The number of benzene rings is 11. The lowest BCUT2D eigenvalue weighted by atomic mass is 9.84. The summed E-state index contributed by atoms with van der Waals surface area (Å²) in [7, 11) is 0. The molecule has 0 N–H and O–H groups in total. The van der Waals surface area contributed by atoms with E-state index in [0.29, 0.717) is 0 Å². The average Bonchev–Trinajstić information content (AvgIpc) is 4.06. The molecule has 0 fully saturated rings. The van der Waals surface area contributed by atoms with Crippen molar-refractivity contribution in [1.29, 1.82) is 0 Å². The van der Waals surface area contributed by atoms with Crippen LogP contribution in [0.4, 0.5) is 0 Å². The lowest BCUT2D eigenvalue weighted by Crippen LogP contribution is -1.93. The Morgan fingerprint density at radius 1 is 0.375 bits per heavy atom. The SMILES string of the molecule is C/C(=C\c1sc2ccccc2c1C)c1c2c(cc3c1ccc1c4cc5c(cc4c(-c4ccc6c(c4)sc4ccccc46)cc31)-c1cccc3cccc-5c13)-c1cccc3cccc-2c13. The van der Waals surface area contributed by atoms with Crippen LogP contribution in [-0.4, -0.2) is 0 Å². The third-order valence-electron chi connectivity index (χ3n) is 14.7. The van der Waals surface area contributed by atoms with Gasteiger partial charge in [0.2, 0.25) is 0 Å². The Hall–Kier alpha value is -7.36. The molecule has 11 aromatic carbocycles. The second-order valence-electron chi connectivity index (χ2n) is 17.9. The molecule has 0 nitrogen and oxygen atoms in total. The molecule has 15 rings (SSSR count). The van der Waals surface area contributed by atoms with Crippen LogP contribution >= 0.6 is 22.7 Å². The van der Waals surface area contributed by atoms with Gasteiger partial charge in [0.25, 0.3) is 0 Å². The molecule has 2 heterocycles. The minimum absolute atomic E-state index is 1.26. The summed E-state index contributed by atoms with van der Waals surface area (Å²) in [5.41, 5.74) is 17.2. The average molecular weight is 845 g/mol. The highest BCUT2D eigenvalue weighted by molar-refractivity contribution is 7.25. The summed E-state index contributed by atoms with van der Waals surface area (Å²) >= 11 is 3.80. The number of thiophene rings is 2. The van der Waals surface area contributed by atoms with Crippen LogP contribution in [0.1, 0.15) is 22.9 Å². The Kier molecular flexibility index (Phi) is 6.94. The topological polar surface area (TPSA) is 0 Å². The molecule has 0 unspecified atom stereocenters. The van der Waals surface area contributed by atoms with E-state index in [4.69, 9.17) is 0 Å². The van der Waals surface area contributed by atoms with Crippen molar-refractivity contribution in [3.63, 3.8) is 0 Å². The second kappa shape index (κ2) is 12.6. The normalized spacial score (nSPS) is 12.9. The van der Waals surface area contributed by atoms with Gasteiger partial charge in [-0.1, -0.05) is 133 Å². The Morgan fingerprint density at radius 2 is 0.906 bits per heavy atom. The lowest BCUT2D eigenvalue weighted by Gasteiger charge is -2.19. The smallest absolute Gasteiger partial charge is 0.0361 e. The van der Waals surface area contributed by atoms with Crippen LogP contribution in [0.5, 0.6) is 0 Å². The summed E-state index contributed by atoms with van der Waals surface area (Å²) < 4.78 is 4.00. The summed E-state index contributed by atoms with van der Waals surface area (Å²) in [6.07, 6.45) is 2.47. The summed E-state index contributed by atoms with van der Waals surface area (Å²) in [5, 5.41) is 17.1. The van der Waals surface area contributed by atoms with Gasteiger partial charge in [0, 0.05) is 29.7 Å². The fourth-order valence-corrected chi connectivity index (χ4v) is 14.2. The van der Waals surface area contributed by atoms with Gasteiger partial charge in [-0.05, 0) is 194 Å². The van der Waals surface area contributed by atoms with Crippen molar-refractivity contribution < 1.29 is 0 Å². The van der Waals surface area contributed by atoms with E-state index in [1.807, 2.05) is 22.7 Å². The zero-order valence-corrected chi connectivity index (χ0v) is 36.8. The summed E-state index contributed by atoms with van der Waals surface area (Å²) in [4.78, 5) is 1.33. The lowest BCUT2D eigenvalue weighted by molar-refractivity contribution is 1.56. The summed E-state index contributed by atoms with van der Waals surface area (Å²) in [6.45, 7) is 4.63. The molecule has 2 heteroatoms. The highest BCUT2D eigenvalue weighted by Gasteiger charge is 2.29. The molecular weight excluding hydrogens is 809 g/mol. The molecule has 2 aromatic heterocycles. The fourth-order valence-electron chi connectivity index (χ4n) is 11.8. The van der Waals surface area contributed by atoms with Crippen molar-refractivity contribution in [2.45, 2.75) is 13.8 Å². The van der Waals surface area contributed by atoms with Gasteiger partial charge in [-0.15, -0.1) is 22.7 Å². The molecule has 0 saturated carbocycles. The first-order valence-corrected chi connectivity index (χ1v) is 23.9. The second-order valence-corrected chi connectivity index (χ2v) is 20.1. The highest BCUT2D eigenvalue weighted by Crippen LogP contribution is 2.55. The van der Waals surface area contributed by atoms with Crippen molar-refractivity contribution >= 4 is 118 Å². The number of aryl methyl sites for hydroxylation is 1. The first-order valence-electron chi connectivity index (χ1n) is 22.2. The quantitative estimate of drug-likeness (QED) is 0.155. The van der Waals surface area contributed by atoms with Gasteiger partial charge >= 0.3 is 0 Å². The standard InChI is InChI=1S/C62H36S2/c1-33(27-57-34(2)38-15-3-5-21-55(38)63-57)59-45-26-25-39-48(52(45)32-54-44-19-9-13-36-14-10-20-46(61(36)44)62(54)59)29-47(37-23-24-41-40-16-4-6-22-56(40)64-58(41)28-37)53-31-51-43-18-8-12-35-11-7-17-42(60(35)43)50(51)30-49(39)53/h3-32H,1-2H3/b33-27+. The molecule has 0 saturated heterocycles.